The molecule has 0 aromatic heterocycles. The van der Waals surface area contributed by atoms with Gasteiger partial charge in [-0.3, -0.25) is 4.90 Å². The molecule has 0 aromatic rings. The van der Waals surface area contributed by atoms with Gasteiger partial charge in [-0.25, -0.2) is 0 Å². The van der Waals surface area contributed by atoms with Gasteiger partial charge in [0.25, 0.3) is 0 Å². The first-order chi connectivity index (χ1) is 7.74. The lowest BCUT2D eigenvalue weighted by Crippen LogP contribution is -2.39. The Morgan fingerprint density at radius 2 is 2.06 bits per heavy atom. The average molecular weight is 226 g/mol. The zero-order chi connectivity index (χ0) is 11.8. The second kappa shape index (κ2) is 8.08. The molecule has 1 atom stereocenters. The summed E-state index contributed by atoms with van der Waals surface area (Å²) in [7, 11) is 0. The Hall–Kier alpha value is -0.0800. The highest BCUT2D eigenvalue weighted by Crippen LogP contribution is 2.18. The third-order valence-electron chi connectivity index (χ3n) is 3.60. The smallest absolute Gasteiger partial charge is 0.0110 e. The molecule has 0 aliphatic carbocycles. The molecule has 0 bridgehead atoms. The first kappa shape index (κ1) is 14.0. The summed E-state index contributed by atoms with van der Waals surface area (Å²) in [6.45, 7) is 11.8. The number of likely N-dealkylation sites (tertiary alicyclic amines) is 1. The fourth-order valence-electron chi connectivity index (χ4n) is 2.61. The molecule has 1 rings (SSSR count). The van der Waals surface area contributed by atoms with Gasteiger partial charge in [0, 0.05) is 19.1 Å². The average Bonchev–Trinajstić information content (AvgIpc) is 2.48. The molecule has 2 heteroatoms. The molecule has 0 radical (unpaired) electrons. The van der Waals surface area contributed by atoms with Crippen LogP contribution in [-0.4, -0.2) is 37.1 Å². The van der Waals surface area contributed by atoms with Crippen LogP contribution in [0.25, 0.3) is 0 Å². The lowest BCUT2D eigenvalue weighted by molar-refractivity contribution is 0.194. The van der Waals surface area contributed by atoms with Gasteiger partial charge in [-0.05, 0) is 38.3 Å². The van der Waals surface area contributed by atoms with E-state index in [9.17, 15) is 0 Å². The summed E-state index contributed by atoms with van der Waals surface area (Å²) >= 11 is 0. The van der Waals surface area contributed by atoms with Crippen LogP contribution in [0.15, 0.2) is 0 Å². The monoisotopic (exact) mass is 226 g/mol. The fraction of sp³-hybridized carbons (Fsp3) is 1.00. The third kappa shape index (κ3) is 5.31. The molecule has 1 aliphatic heterocycles. The van der Waals surface area contributed by atoms with E-state index in [1.807, 2.05) is 0 Å². The quantitative estimate of drug-likeness (QED) is 0.701. The molecule has 0 spiro atoms. The van der Waals surface area contributed by atoms with Crippen LogP contribution in [0.1, 0.15) is 52.9 Å². The Morgan fingerprint density at radius 1 is 1.25 bits per heavy atom. The SMILES string of the molecule is CCC1CCCCCN1CCNCC(C)C. The maximum atomic E-state index is 3.56. The highest BCUT2D eigenvalue weighted by Gasteiger charge is 2.18. The van der Waals surface area contributed by atoms with Gasteiger partial charge in [-0.2, -0.15) is 0 Å². The molecular weight excluding hydrogens is 196 g/mol. The van der Waals surface area contributed by atoms with E-state index in [0.29, 0.717) is 0 Å². The molecule has 16 heavy (non-hydrogen) atoms. The highest BCUT2D eigenvalue weighted by molar-refractivity contribution is 4.74. The van der Waals surface area contributed by atoms with Gasteiger partial charge in [-0.1, -0.05) is 33.6 Å². The largest absolute Gasteiger partial charge is 0.315 e. The van der Waals surface area contributed by atoms with Crippen molar-refractivity contribution in [2.75, 3.05) is 26.2 Å². The van der Waals surface area contributed by atoms with Crippen molar-refractivity contribution in [1.82, 2.24) is 10.2 Å². The van der Waals surface area contributed by atoms with Gasteiger partial charge in [0.05, 0.1) is 0 Å². The van der Waals surface area contributed by atoms with Crippen LogP contribution < -0.4 is 5.32 Å². The normalized spacial score (nSPS) is 23.6. The molecule has 1 heterocycles. The van der Waals surface area contributed by atoms with Crippen molar-refractivity contribution in [3.63, 3.8) is 0 Å². The van der Waals surface area contributed by atoms with Gasteiger partial charge in [0.15, 0.2) is 0 Å². The molecule has 1 saturated heterocycles. The predicted octanol–water partition coefficient (Wildman–Crippen LogP) is 2.89. The van der Waals surface area contributed by atoms with Crippen LogP contribution in [0, 0.1) is 5.92 Å². The zero-order valence-corrected chi connectivity index (χ0v) is 11.5. The minimum absolute atomic E-state index is 0.770. The number of rotatable bonds is 6. The standard InChI is InChI=1S/C14H30N2/c1-4-14-8-6-5-7-10-16(14)11-9-15-12-13(2)3/h13-15H,4-12H2,1-3H3. The van der Waals surface area contributed by atoms with E-state index in [1.54, 1.807) is 0 Å². The van der Waals surface area contributed by atoms with E-state index in [4.69, 9.17) is 0 Å². The second-order valence-corrected chi connectivity index (χ2v) is 5.55. The summed E-state index contributed by atoms with van der Waals surface area (Å²) in [6.07, 6.45) is 7.02. The van der Waals surface area contributed by atoms with Crippen molar-refractivity contribution in [3.05, 3.63) is 0 Å². The van der Waals surface area contributed by atoms with Crippen molar-refractivity contribution in [3.8, 4) is 0 Å². The summed E-state index contributed by atoms with van der Waals surface area (Å²) < 4.78 is 0. The Balaban J connectivity index is 2.20. The minimum atomic E-state index is 0.770. The van der Waals surface area contributed by atoms with E-state index in [2.05, 4.69) is 31.0 Å². The van der Waals surface area contributed by atoms with Crippen molar-refractivity contribution in [2.24, 2.45) is 5.92 Å². The van der Waals surface area contributed by atoms with E-state index in [-0.39, 0.29) is 0 Å². The van der Waals surface area contributed by atoms with Crippen molar-refractivity contribution in [1.29, 1.82) is 0 Å². The molecule has 0 amide bonds. The van der Waals surface area contributed by atoms with Gasteiger partial charge >= 0.3 is 0 Å². The Bertz CT molecular complexity index is 168. The van der Waals surface area contributed by atoms with E-state index in [0.717, 1.165) is 25.0 Å². The maximum Gasteiger partial charge on any atom is 0.0110 e. The topological polar surface area (TPSA) is 15.3 Å². The van der Waals surface area contributed by atoms with Crippen LogP contribution >= 0.6 is 0 Å². The highest BCUT2D eigenvalue weighted by atomic mass is 15.2. The van der Waals surface area contributed by atoms with Crippen LogP contribution in [0.3, 0.4) is 0 Å². The van der Waals surface area contributed by atoms with Gasteiger partial charge < -0.3 is 5.32 Å². The lowest BCUT2D eigenvalue weighted by atomic mass is 10.1. The summed E-state index contributed by atoms with van der Waals surface area (Å²) in [5.41, 5.74) is 0. The Kier molecular flexibility index (Phi) is 7.06. The molecule has 1 N–H and O–H groups in total. The first-order valence-corrected chi connectivity index (χ1v) is 7.18. The summed E-state index contributed by atoms with van der Waals surface area (Å²) in [5.74, 6) is 0.770. The van der Waals surface area contributed by atoms with E-state index in [1.165, 1.54) is 45.2 Å². The number of nitrogens with zero attached hydrogens (tertiary/aromatic N) is 1. The first-order valence-electron chi connectivity index (χ1n) is 7.18. The third-order valence-corrected chi connectivity index (χ3v) is 3.60. The van der Waals surface area contributed by atoms with Crippen LogP contribution in [0.5, 0.6) is 0 Å². The van der Waals surface area contributed by atoms with E-state index < -0.39 is 0 Å². The minimum Gasteiger partial charge on any atom is -0.315 e. The Morgan fingerprint density at radius 3 is 2.75 bits per heavy atom. The predicted molar refractivity (Wildman–Crippen MR) is 71.8 cm³/mol. The molecule has 1 aliphatic rings. The lowest BCUT2D eigenvalue weighted by Gasteiger charge is -2.29. The van der Waals surface area contributed by atoms with Gasteiger partial charge in [0.1, 0.15) is 0 Å². The number of hydrogen-bond acceptors (Lipinski definition) is 2. The number of hydrogen-bond donors (Lipinski definition) is 1. The van der Waals surface area contributed by atoms with Crippen LogP contribution in [0.2, 0.25) is 0 Å². The zero-order valence-electron chi connectivity index (χ0n) is 11.5. The number of nitrogens with one attached hydrogen (secondary N) is 1. The molecule has 0 saturated carbocycles. The van der Waals surface area contributed by atoms with Crippen LogP contribution in [0.4, 0.5) is 0 Å². The Labute approximate surface area is 102 Å². The summed E-state index contributed by atoms with van der Waals surface area (Å²) in [5, 5.41) is 3.56. The van der Waals surface area contributed by atoms with Gasteiger partial charge in [-0.15, -0.1) is 0 Å². The van der Waals surface area contributed by atoms with E-state index >= 15 is 0 Å². The van der Waals surface area contributed by atoms with Crippen LogP contribution in [-0.2, 0) is 0 Å². The summed E-state index contributed by atoms with van der Waals surface area (Å²) in [4.78, 5) is 2.71. The molecule has 2 nitrogen and oxygen atoms in total. The van der Waals surface area contributed by atoms with Crippen molar-refractivity contribution < 1.29 is 0 Å². The van der Waals surface area contributed by atoms with Crippen molar-refractivity contribution in [2.45, 2.75) is 58.9 Å². The fourth-order valence-corrected chi connectivity index (χ4v) is 2.61. The maximum absolute atomic E-state index is 3.56. The molecule has 96 valence electrons. The summed E-state index contributed by atoms with van der Waals surface area (Å²) in [6, 6.07) is 0.850. The molecule has 1 fully saturated rings. The second-order valence-electron chi connectivity index (χ2n) is 5.55. The molecule has 0 aromatic carbocycles. The van der Waals surface area contributed by atoms with Crippen molar-refractivity contribution >= 4 is 0 Å². The molecule has 1 unspecified atom stereocenters. The van der Waals surface area contributed by atoms with Gasteiger partial charge in [0.2, 0.25) is 0 Å². The molecular formula is C14H30N2.